The number of esters is 1. The minimum atomic E-state index is -0.170. The van der Waals surface area contributed by atoms with Gasteiger partial charge in [-0.05, 0) is 42.7 Å². The van der Waals surface area contributed by atoms with Crippen LogP contribution in [0.25, 0.3) is 11.1 Å². The molecule has 1 aromatic heterocycles. The van der Waals surface area contributed by atoms with Gasteiger partial charge < -0.3 is 9.15 Å². The molecule has 0 radical (unpaired) electrons. The molecule has 2 aliphatic carbocycles. The highest BCUT2D eigenvalue weighted by atomic mass is 32.2. The van der Waals surface area contributed by atoms with Crippen LogP contribution in [-0.4, -0.2) is 22.8 Å². The van der Waals surface area contributed by atoms with Crippen molar-refractivity contribution < 1.29 is 13.9 Å². The molecule has 2 bridgehead atoms. The van der Waals surface area contributed by atoms with Crippen molar-refractivity contribution in [3.63, 3.8) is 0 Å². The molecule has 1 heterocycles. The number of oxazole rings is 1. The van der Waals surface area contributed by atoms with E-state index in [0.717, 1.165) is 23.9 Å². The first kappa shape index (κ1) is 16.0. The molecule has 4 nitrogen and oxygen atoms in total. The molecule has 0 N–H and O–H groups in total. The van der Waals surface area contributed by atoms with Crippen LogP contribution >= 0.6 is 11.8 Å². The number of para-hydroxylation sites is 2. The maximum absolute atomic E-state index is 12.3. The van der Waals surface area contributed by atoms with Crippen LogP contribution in [0.1, 0.15) is 40.0 Å². The topological polar surface area (TPSA) is 52.3 Å². The zero-order valence-corrected chi connectivity index (χ0v) is 15.2. The number of fused-ring (bicyclic) bond motifs is 3. The minimum absolute atomic E-state index is 0.0444. The van der Waals surface area contributed by atoms with E-state index in [1.54, 1.807) is 0 Å². The molecule has 2 aromatic rings. The zero-order chi connectivity index (χ0) is 16.9. The normalized spacial score (nSPS) is 30.8. The molecule has 2 saturated carbocycles. The molecule has 128 valence electrons. The van der Waals surface area contributed by atoms with E-state index in [2.05, 4.69) is 25.8 Å². The van der Waals surface area contributed by atoms with Gasteiger partial charge in [-0.2, -0.15) is 0 Å². The molecular formula is C19H23NO3S. The van der Waals surface area contributed by atoms with Crippen LogP contribution in [0.4, 0.5) is 0 Å². The molecule has 4 rings (SSSR count). The fraction of sp³-hybridized carbons (Fsp3) is 0.579. The predicted molar refractivity (Wildman–Crippen MR) is 93.8 cm³/mol. The summed E-state index contributed by atoms with van der Waals surface area (Å²) in [4.78, 5) is 16.7. The van der Waals surface area contributed by atoms with Crippen molar-refractivity contribution in [2.24, 2.45) is 16.7 Å². The summed E-state index contributed by atoms with van der Waals surface area (Å²) < 4.78 is 11.5. The monoisotopic (exact) mass is 345 g/mol. The van der Waals surface area contributed by atoms with E-state index in [0.29, 0.717) is 11.1 Å². The SMILES string of the molecule is CC1(C)C2CCC1(C)C(OC(=O)CSc1nc3ccccc3o1)C2. The highest BCUT2D eigenvalue weighted by molar-refractivity contribution is 7.99. The van der Waals surface area contributed by atoms with Crippen LogP contribution in [-0.2, 0) is 9.53 Å². The van der Waals surface area contributed by atoms with Gasteiger partial charge in [0.25, 0.3) is 5.22 Å². The van der Waals surface area contributed by atoms with Gasteiger partial charge in [0, 0.05) is 5.41 Å². The smallest absolute Gasteiger partial charge is 0.316 e. The number of nitrogens with zero attached hydrogens (tertiary/aromatic N) is 1. The van der Waals surface area contributed by atoms with Crippen molar-refractivity contribution in [3.8, 4) is 0 Å². The summed E-state index contributed by atoms with van der Waals surface area (Å²) in [6.07, 6.45) is 3.46. The third kappa shape index (κ3) is 2.36. The highest BCUT2D eigenvalue weighted by Crippen LogP contribution is 2.66. The van der Waals surface area contributed by atoms with Gasteiger partial charge in [-0.25, -0.2) is 4.98 Å². The second-order valence-corrected chi connectivity index (χ2v) is 8.75. The van der Waals surface area contributed by atoms with Crippen LogP contribution in [0, 0.1) is 16.7 Å². The molecule has 0 aliphatic heterocycles. The summed E-state index contributed by atoms with van der Waals surface area (Å²) >= 11 is 1.30. The maximum Gasteiger partial charge on any atom is 0.316 e. The quantitative estimate of drug-likeness (QED) is 0.595. The maximum atomic E-state index is 12.3. The molecule has 0 spiro atoms. The number of carbonyl (C=O) groups is 1. The number of hydrogen-bond acceptors (Lipinski definition) is 5. The van der Waals surface area contributed by atoms with Crippen molar-refractivity contribution in [2.75, 3.05) is 5.75 Å². The van der Waals surface area contributed by atoms with Crippen molar-refractivity contribution >= 4 is 28.8 Å². The number of rotatable bonds is 4. The second kappa shape index (κ2) is 5.51. The van der Waals surface area contributed by atoms with E-state index in [-0.39, 0.29) is 28.7 Å². The van der Waals surface area contributed by atoms with Crippen molar-refractivity contribution in [2.45, 2.75) is 51.4 Å². The van der Waals surface area contributed by atoms with Gasteiger partial charge in [-0.15, -0.1) is 0 Å². The van der Waals surface area contributed by atoms with E-state index in [4.69, 9.17) is 9.15 Å². The van der Waals surface area contributed by atoms with Crippen molar-refractivity contribution in [1.29, 1.82) is 0 Å². The first-order chi connectivity index (χ1) is 11.4. The van der Waals surface area contributed by atoms with Gasteiger partial charge in [0.05, 0.1) is 0 Å². The molecule has 24 heavy (non-hydrogen) atoms. The van der Waals surface area contributed by atoms with Crippen LogP contribution in [0.5, 0.6) is 0 Å². The predicted octanol–water partition coefficient (Wildman–Crippen LogP) is 4.68. The van der Waals surface area contributed by atoms with E-state index in [9.17, 15) is 4.79 Å². The molecule has 1 aromatic carbocycles. The first-order valence-corrected chi connectivity index (χ1v) is 9.56. The second-order valence-electron chi connectivity index (χ2n) is 7.83. The minimum Gasteiger partial charge on any atom is -0.461 e. The van der Waals surface area contributed by atoms with Crippen LogP contribution in [0.3, 0.4) is 0 Å². The van der Waals surface area contributed by atoms with Gasteiger partial charge >= 0.3 is 5.97 Å². The van der Waals surface area contributed by atoms with Crippen molar-refractivity contribution in [1.82, 2.24) is 4.98 Å². The Kier molecular flexibility index (Phi) is 3.68. The van der Waals surface area contributed by atoms with Crippen LogP contribution in [0.15, 0.2) is 33.9 Å². The lowest BCUT2D eigenvalue weighted by atomic mass is 9.70. The summed E-state index contributed by atoms with van der Waals surface area (Å²) in [5.74, 6) is 0.742. The molecule has 3 unspecified atom stereocenters. The van der Waals surface area contributed by atoms with Crippen molar-refractivity contribution in [3.05, 3.63) is 24.3 Å². The molecular weight excluding hydrogens is 322 g/mol. The van der Waals surface area contributed by atoms with E-state index in [1.165, 1.54) is 18.2 Å². The Bertz CT molecular complexity index is 751. The number of ether oxygens (including phenoxy) is 1. The molecule has 5 heteroatoms. The van der Waals surface area contributed by atoms with Gasteiger partial charge in [0.1, 0.15) is 17.4 Å². The summed E-state index contributed by atoms with van der Waals surface area (Å²) in [6, 6.07) is 7.61. The molecule has 0 saturated heterocycles. The van der Waals surface area contributed by atoms with Crippen LogP contribution in [0.2, 0.25) is 0 Å². The average Bonchev–Trinajstić information content (AvgIpc) is 3.11. The van der Waals surface area contributed by atoms with Gasteiger partial charge in [0.15, 0.2) is 5.58 Å². The van der Waals surface area contributed by atoms with Crippen LogP contribution < -0.4 is 0 Å². The Labute approximate surface area is 146 Å². The van der Waals surface area contributed by atoms with Gasteiger partial charge in [-0.3, -0.25) is 4.79 Å². The fourth-order valence-electron chi connectivity index (χ4n) is 4.53. The molecule has 3 atom stereocenters. The Balaban J connectivity index is 1.37. The number of carbonyl (C=O) groups excluding carboxylic acids is 1. The first-order valence-electron chi connectivity index (χ1n) is 8.58. The van der Waals surface area contributed by atoms with E-state index in [1.807, 2.05) is 24.3 Å². The summed E-state index contributed by atoms with van der Waals surface area (Å²) in [7, 11) is 0. The largest absolute Gasteiger partial charge is 0.461 e. The average molecular weight is 345 g/mol. The molecule has 2 aliphatic rings. The number of hydrogen-bond donors (Lipinski definition) is 0. The third-order valence-corrected chi connectivity index (χ3v) is 7.38. The fourth-order valence-corrected chi connectivity index (χ4v) is 5.16. The number of benzene rings is 1. The standard InChI is InChI=1S/C19H23NO3S/c1-18(2)12-8-9-19(18,3)15(10-12)23-16(21)11-24-17-20-13-6-4-5-7-14(13)22-17/h4-7,12,15H,8-11H2,1-3H3. The Morgan fingerprint density at radius 1 is 1.38 bits per heavy atom. The summed E-state index contributed by atoms with van der Waals surface area (Å²) in [5.41, 5.74) is 1.92. The number of aromatic nitrogens is 1. The highest BCUT2D eigenvalue weighted by Gasteiger charge is 2.62. The van der Waals surface area contributed by atoms with E-state index < -0.39 is 0 Å². The lowest BCUT2D eigenvalue weighted by molar-refractivity contribution is -0.153. The third-order valence-electron chi connectivity index (χ3n) is 6.58. The molecule has 2 fully saturated rings. The Hall–Kier alpha value is -1.49. The van der Waals surface area contributed by atoms with Gasteiger partial charge in [0.2, 0.25) is 0 Å². The zero-order valence-electron chi connectivity index (χ0n) is 14.4. The molecule has 0 amide bonds. The summed E-state index contributed by atoms with van der Waals surface area (Å²) in [5, 5.41) is 0.521. The Morgan fingerprint density at radius 2 is 2.17 bits per heavy atom. The van der Waals surface area contributed by atoms with Gasteiger partial charge in [-0.1, -0.05) is 44.7 Å². The number of thioether (sulfide) groups is 1. The lowest BCUT2D eigenvalue weighted by Gasteiger charge is -2.38. The van der Waals surface area contributed by atoms with E-state index >= 15 is 0 Å². The Morgan fingerprint density at radius 3 is 2.83 bits per heavy atom. The summed E-state index contributed by atoms with van der Waals surface area (Å²) in [6.45, 7) is 6.93. The lowest BCUT2D eigenvalue weighted by Crippen LogP contribution is -2.38.